The summed E-state index contributed by atoms with van der Waals surface area (Å²) < 4.78 is 2.34. The Morgan fingerprint density at radius 2 is 2.24 bits per heavy atom. The SMILES string of the molecule is CC[C@@H](N)c1cncn1C1CCC(C)CC1C. The summed E-state index contributed by atoms with van der Waals surface area (Å²) in [5.74, 6) is 1.60. The van der Waals surface area contributed by atoms with E-state index in [9.17, 15) is 0 Å². The van der Waals surface area contributed by atoms with Crippen molar-refractivity contribution in [1.82, 2.24) is 9.55 Å². The highest BCUT2D eigenvalue weighted by Gasteiger charge is 2.28. The monoisotopic (exact) mass is 235 g/mol. The number of aromatic nitrogens is 2. The van der Waals surface area contributed by atoms with Crippen LogP contribution in [0.1, 0.15) is 64.2 Å². The molecule has 1 aliphatic rings. The van der Waals surface area contributed by atoms with Gasteiger partial charge in [-0.25, -0.2) is 4.98 Å². The molecule has 1 aromatic rings. The molecule has 1 heterocycles. The molecule has 1 aromatic heterocycles. The second-order valence-corrected chi connectivity index (χ2v) is 5.70. The fraction of sp³-hybridized carbons (Fsp3) is 0.786. The Bertz CT molecular complexity index is 358. The zero-order valence-corrected chi connectivity index (χ0v) is 11.3. The summed E-state index contributed by atoms with van der Waals surface area (Å²) in [4.78, 5) is 4.30. The van der Waals surface area contributed by atoms with Gasteiger partial charge in [-0.2, -0.15) is 0 Å². The van der Waals surface area contributed by atoms with Gasteiger partial charge < -0.3 is 10.3 Å². The summed E-state index contributed by atoms with van der Waals surface area (Å²) in [5, 5.41) is 0. The fourth-order valence-corrected chi connectivity index (χ4v) is 3.15. The first-order valence-electron chi connectivity index (χ1n) is 6.90. The molecule has 1 saturated carbocycles. The lowest BCUT2D eigenvalue weighted by atomic mass is 9.79. The van der Waals surface area contributed by atoms with E-state index in [4.69, 9.17) is 5.73 Å². The number of nitrogens with zero attached hydrogens (tertiary/aromatic N) is 2. The Balaban J connectivity index is 2.19. The van der Waals surface area contributed by atoms with Crippen molar-refractivity contribution in [3.05, 3.63) is 18.2 Å². The van der Waals surface area contributed by atoms with Crippen LogP contribution in [0.2, 0.25) is 0 Å². The predicted molar refractivity (Wildman–Crippen MR) is 70.7 cm³/mol. The molecule has 2 rings (SSSR count). The Hall–Kier alpha value is -0.830. The van der Waals surface area contributed by atoms with Crippen molar-refractivity contribution in [2.75, 3.05) is 0 Å². The molecule has 4 atom stereocenters. The summed E-state index contributed by atoms with van der Waals surface area (Å²) in [6, 6.07) is 0.727. The van der Waals surface area contributed by atoms with Crippen molar-refractivity contribution >= 4 is 0 Å². The molecule has 96 valence electrons. The summed E-state index contributed by atoms with van der Waals surface area (Å²) in [6.07, 6.45) is 8.81. The zero-order chi connectivity index (χ0) is 12.4. The lowest BCUT2D eigenvalue weighted by Crippen LogP contribution is -2.27. The lowest BCUT2D eigenvalue weighted by Gasteiger charge is -2.35. The van der Waals surface area contributed by atoms with Gasteiger partial charge in [0.05, 0.1) is 12.0 Å². The molecule has 0 saturated heterocycles. The van der Waals surface area contributed by atoms with E-state index in [-0.39, 0.29) is 6.04 Å². The Morgan fingerprint density at radius 1 is 1.47 bits per heavy atom. The number of hydrogen-bond donors (Lipinski definition) is 1. The topological polar surface area (TPSA) is 43.8 Å². The van der Waals surface area contributed by atoms with Crippen molar-refractivity contribution in [2.24, 2.45) is 17.6 Å². The molecule has 1 aliphatic carbocycles. The summed E-state index contributed by atoms with van der Waals surface area (Å²) in [5.41, 5.74) is 7.37. The smallest absolute Gasteiger partial charge is 0.0951 e. The molecule has 0 aliphatic heterocycles. The van der Waals surface area contributed by atoms with Gasteiger partial charge in [-0.05, 0) is 37.5 Å². The molecule has 17 heavy (non-hydrogen) atoms. The first-order chi connectivity index (χ1) is 8.13. The second-order valence-electron chi connectivity index (χ2n) is 5.70. The van der Waals surface area contributed by atoms with Crippen LogP contribution in [-0.2, 0) is 0 Å². The van der Waals surface area contributed by atoms with E-state index in [1.54, 1.807) is 0 Å². The van der Waals surface area contributed by atoms with Gasteiger partial charge >= 0.3 is 0 Å². The van der Waals surface area contributed by atoms with Crippen LogP contribution >= 0.6 is 0 Å². The maximum Gasteiger partial charge on any atom is 0.0951 e. The Labute approximate surface area is 104 Å². The number of nitrogens with two attached hydrogens (primary N) is 1. The minimum absolute atomic E-state index is 0.129. The molecule has 0 bridgehead atoms. The molecular formula is C14H25N3. The van der Waals surface area contributed by atoms with Gasteiger partial charge in [0, 0.05) is 18.3 Å². The van der Waals surface area contributed by atoms with Crippen molar-refractivity contribution in [3.63, 3.8) is 0 Å². The normalized spacial score (nSPS) is 31.4. The summed E-state index contributed by atoms with van der Waals surface area (Å²) >= 11 is 0. The second kappa shape index (κ2) is 5.21. The van der Waals surface area contributed by atoms with Crippen LogP contribution in [0.15, 0.2) is 12.5 Å². The molecule has 0 aromatic carbocycles. The van der Waals surface area contributed by atoms with Crippen LogP contribution in [-0.4, -0.2) is 9.55 Å². The van der Waals surface area contributed by atoms with E-state index in [1.165, 1.54) is 25.0 Å². The van der Waals surface area contributed by atoms with Gasteiger partial charge in [-0.15, -0.1) is 0 Å². The zero-order valence-electron chi connectivity index (χ0n) is 11.3. The van der Waals surface area contributed by atoms with Gasteiger partial charge in [0.2, 0.25) is 0 Å². The van der Waals surface area contributed by atoms with Gasteiger partial charge in [0.25, 0.3) is 0 Å². The van der Waals surface area contributed by atoms with Gasteiger partial charge in [0.1, 0.15) is 0 Å². The lowest BCUT2D eigenvalue weighted by molar-refractivity contribution is 0.203. The minimum atomic E-state index is 0.129. The van der Waals surface area contributed by atoms with E-state index < -0.39 is 0 Å². The molecule has 0 amide bonds. The summed E-state index contributed by atoms with van der Waals surface area (Å²) in [6.45, 7) is 6.86. The molecule has 0 radical (unpaired) electrons. The predicted octanol–water partition coefficient (Wildman–Crippen LogP) is 3.29. The Morgan fingerprint density at radius 3 is 2.88 bits per heavy atom. The van der Waals surface area contributed by atoms with Crippen molar-refractivity contribution in [1.29, 1.82) is 0 Å². The van der Waals surface area contributed by atoms with Gasteiger partial charge in [0.15, 0.2) is 0 Å². The van der Waals surface area contributed by atoms with Crippen LogP contribution in [0.25, 0.3) is 0 Å². The van der Waals surface area contributed by atoms with Gasteiger partial charge in [-0.3, -0.25) is 0 Å². The highest BCUT2D eigenvalue weighted by molar-refractivity contribution is 5.06. The molecule has 3 nitrogen and oxygen atoms in total. The van der Waals surface area contributed by atoms with E-state index in [1.807, 2.05) is 12.5 Å². The number of hydrogen-bond acceptors (Lipinski definition) is 2. The molecular weight excluding hydrogens is 210 g/mol. The summed E-state index contributed by atoms with van der Waals surface area (Å²) in [7, 11) is 0. The maximum absolute atomic E-state index is 6.16. The van der Waals surface area contributed by atoms with Crippen molar-refractivity contribution in [2.45, 2.75) is 58.5 Å². The number of rotatable bonds is 3. The molecule has 3 unspecified atom stereocenters. The number of imidazole rings is 1. The highest BCUT2D eigenvalue weighted by Crippen LogP contribution is 2.37. The molecule has 1 fully saturated rings. The van der Waals surface area contributed by atoms with Gasteiger partial charge in [-0.1, -0.05) is 20.8 Å². The third-order valence-electron chi connectivity index (χ3n) is 4.26. The maximum atomic E-state index is 6.16. The third kappa shape index (κ3) is 2.54. The van der Waals surface area contributed by atoms with E-state index >= 15 is 0 Å². The van der Waals surface area contributed by atoms with Crippen molar-refractivity contribution < 1.29 is 0 Å². The third-order valence-corrected chi connectivity index (χ3v) is 4.26. The minimum Gasteiger partial charge on any atom is -0.330 e. The van der Waals surface area contributed by atoms with Crippen LogP contribution in [0, 0.1) is 11.8 Å². The highest BCUT2D eigenvalue weighted by atomic mass is 15.1. The van der Waals surface area contributed by atoms with E-state index in [2.05, 4.69) is 30.3 Å². The van der Waals surface area contributed by atoms with E-state index in [0.717, 1.165) is 18.3 Å². The molecule has 2 N–H and O–H groups in total. The van der Waals surface area contributed by atoms with Crippen LogP contribution in [0.5, 0.6) is 0 Å². The first kappa shape index (κ1) is 12.6. The molecule has 3 heteroatoms. The quantitative estimate of drug-likeness (QED) is 0.873. The fourth-order valence-electron chi connectivity index (χ4n) is 3.15. The first-order valence-corrected chi connectivity index (χ1v) is 6.90. The average Bonchev–Trinajstić information content (AvgIpc) is 2.77. The van der Waals surface area contributed by atoms with Crippen molar-refractivity contribution in [3.8, 4) is 0 Å². The van der Waals surface area contributed by atoms with Crippen LogP contribution in [0.3, 0.4) is 0 Å². The van der Waals surface area contributed by atoms with Crippen LogP contribution < -0.4 is 5.73 Å². The molecule has 0 spiro atoms. The van der Waals surface area contributed by atoms with Crippen LogP contribution in [0.4, 0.5) is 0 Å². The average molecular weight is 235 g/mol. The standard InChI is InChI=1S/C14H25N3/c1-4-12(15)14-8-16-9-17(14)13-6-5-10(2)7-11(13)3/h8-13H,4-7,15H2,1-3H3/t10?,11?,12-,13?/m1/s1. The Kier molecular flexibility index (Phi) is 3.87. The van der Waals surface area contributed by atoms with E-state index in [0.29, 0.717) is 6.04 Å². The largest absolute Gasteiger partial charge is 0.330 e.